The smallest absolute Gasteiger partial charge is 0.340 e. The van der Waals surface area contributed by atoms with E-state index in [0.29, 0.717) is 23.0 Å². The molecule has 0 saturated carbocycles. The van der Waals surface area contributed by atoms with Crippen LogP contribution in [0.1, 0.15) is 9.75 Å². The minimum absolute atomic E-state index is 0.364. The van der Waals surface area contributed by atoms with Gasteiger partial charge >= 0.3 is 11.9 Å². The van der Waals surface area contributed by atoms with Crippen molar-refractivity contribution in [1.82, 2.24) is 0 Å². The van der Waals surface area contributed by atoms with E-state index in [1.165, 1.54) is 37.7 Å². The predicted octanol–water partition coefficient (Wildman–Crippen LogP) is 2.60. The zero-order valence-corrected chi connectivity index (χ0v) is 13.1. The van der Waals surface area contributed by atoms with Gasteiger partial charge in [-0.3, -0.25) is 0 Å². The summed E-state index contributed by atoms with van der Waals surface area (Å²) in [6.07, 6.45) is 5.99. The van der Waals surface area contributed by atoms with Crippen molar-refractivity contribution in [1.29, 1.82) is 0 Å². The molecule has 0 bridgehead atoms. The SMILES string of the molecule is COC1=CC(=O)O/C1=C\c1ccc(/C=C2\OC(=O)C=C2OC)s1. The lowest BCUT2D eigenvalue weighted by Crippen LogP contribution is -1.91. The summed E-state index contributed by atoms with van der Waals surface area (Å²) < 4.78 is 20.3. The van der Waals surface area contributed by atoms with Gasteiger partial charge in [0, 0.05) is 21.9 Å². The van der Waals surface area contributed by atoms with Crippen LogP contribution in [0.15, 0.2) is 47.3 Å². The summed E-state index contributed by atoms with van der Waals surface area (Å²) in [5.41, 5.74) is 0. The first-order valence-electron chi connectivity index (χ1n) is 6.58. The molecule has 2 aliphatic heterocycles. The highest BCUT2D eigenvalue weighted by Gasteiger charge is 2.22. The summed E-state index contributed by atoms with van der Waals surface area (Å²) in [6, 6.07) is 3.72. The number of thiophene rings is 1. The normalized spacial score (nSPS) is 20.4. The minimum atomic E-state index is -0.459. The van der Waals surface area contributed by atoms with E-state index >= 15 is 0 Å². The van der Waals surface area contributed by atoms with E-state index in [9.17, 15) is 9.59 Å². The average Bonchev–Trinajstić information content (AvgIpc) is 3.19. The zero-order valence-electron chi connectivity index (χ0n) is 12.3. The minimum Gasteiger partial charge on any atom is -0.493 e. The van der Waals surface area contributed by atoms with Crippen molar-refractivity contribution in [3.63, 3.8) is 0 Å². The number of hydrogen-bond donors (Lipinski definition) is 0. The van der Waals surface area contributed by atoms with Crippen LogP contribution >= 0.6 is 11.3 Å². The van der Waals surface area contributed by atoms with Gasteiger partial charge < -0.3 is 18.9 Å². The van der Waals surface area contributed by atoms with E-state index in [2.05, 4.69) is 0 Å². The van der Waals surface area contributed by atoms with Crippen molar-refractivity contribution >= 4 is 35.4 Å². The molecule has 3 heterocycles. The van der Waals surface area contributed by atoms with Crippen LogP contribution in [-0.2, 0) is 28.5 Å². The van der Waals surface area contributed by atoms with E-state index in [4.69, 9.17) is 18.9 Å². The van der Waals surface area contributed by atoms with Gasteiger partial charge in [-0.2, -0.15) is 0 Å². The summed E-state index contributed by atoms with van der Waals surface area (Å²) in [5, 5.41) is 0. The van der Waals surface area contributed by atoms with Gasteiger partial charge in [-0.25, -0.2) is 9.59 Å². The van der Waals surface area contributed by atoms with E-state index in [1.807, 2.05) is 12.1 Å². The van der Waals surface area contributed by atoms with E-state index in [0.717, 1.165) is 9.75 Å². The number of carbonyl (C=O) groups is 2. The second-order valence-electron chi connectivity index (χ2n) is 4.52. The Labute approximate surface area is 135 Å². The van der Waals surface area contributed by atoms with Gasteiger partial charge in [-0.05, 0) is 12.1 Å². The Morgan fingerprint density at radius 1 is 0.870 bits per heavy atom. The predicted molar refractivity (Wildman–Crippen MR) is 82.6 cm³/mol. The van der Waals surface area contributed by atoms with E-state index in [1.54, 1.807) is 12.2 Å². The molecule has 0 aromatic carbocycles. The van der Waals surface area contributed by atoms with Crippen molar-refractivity contribution < 1.29 is 28.5 Å². The third kappa shape index (κ3) is 3.19. The van der Waals surface area contributed by atoms with Crippen LogP contribution in [-0.4, -0.2) is 26.2 Å². The van der Waals surface area contributed by atoms with E-state index in [-0.39, 0.29) is 0 Å². The van der Waals surface area contributed by atoms with Gasteiger partial charge in [0.2, 0.25) is 0 Å². The molecule has 7 heteroatoms. The van der Waals surface area contributed by atoms with Crippen LogP contribution in [0.3, 0.4) is 0 Å². The first-order chi connectivity index (χ1) is 11.1. The number of methoxy groups -OCH3 is 2. The second-order valence-corrected chi connectivity index (χ2v) is 5.67. The fraction of sp³-hybridized carbons (Fsp3) is 0.125. The van der Waals surface area contributed by atoms with Crippen LogP contribution in [0.25, 0.3) is 12.2 Å². The molecule has 1 aromatic rings. The molecular formula is C16H12O6S. The molecular weight excluding hydrogens is 320 g/mol. The van der Waals surface area contributed by atoms with Crippen molar-refractivity contribution in [2.24, 2.45) is 0 Å². The van der Waals surface area contributed by atoms with Crippen LogP contribution in [0.4, 0.5) is 0 Å². The molecule has 0 radical (unpaired) electrons. The third-order valence-electron chi connectivity index (χ3n) is 3.04. The van der Waals surface area contributed by atoms with Gasteiger partial charge in [0.15, 0.2) is 23.0 Å². The molecule has 0 amide bonds. The van der Waals surface area contributed by atoms with Crippen molar-refractivity contribution in [2.75, 3.05) is 14.2 Å². The zero-order chi connectivity index (χ0) is 16.4. The molecule has 23 heavy (non-hydrogen) atoms. The summed E-state index contributed by atoms with van der Waals surface area (Å²) in [4.78, 5) is 24.2. The fourth-order valence-corrected chi connectivity index (χ4v) is 2.91. The van der Waals surface area contributed by atoms with Crippen molar-refractivity contribution in [3.05, 3.63) is 57.1 Å². The third-order valence-corrected chi connectivity index (χ3v) is 4.02. The molecule has 0 unspecified atom stereocenters. The molecule has 1 aromatic heterocycles. The Hall–Kier alpha value is -2.80. The maximum atomic E-state index is 11.3. The largest absolute Gasteiger partial charge is 0.493 e. The molecule has 0 N–H and O–H groups in total. The molecule has 0 atom stereocenters. The Balaban J connectivity index is 1.82. The van der Waals surface area contributed by atoms with Gasteiger partial charge in [0.25, 0.3) is 0 Å². The molecule has 0 saturated heterocycles. The molecule has 0 spiro atoms. The van der Waals surface area contributed by atoms with Gasteiger partial charge in [0.1, 0.15) is 0 Å². The number of rotatable bonds is 4. The highest BCUT2D eigenvalue weighted by molar-refractivity contribution is 7.13. The summed E-state index contributed by atoms with van der Waals surface area (Å²) in [5.74, 6) is 0.585. The van der Waals surface area contributed by atoms with Crippen LogP contribution in [0.5, 0.6) is 0 Å². The maximum Gasteiger partial charge on any atom is 0.340 e. The summed E-state index contributed by atoms with van der Waals surface area (Å²) in [7, 11) is 2.94. The quantitative estimate of drug-likeness (QED) is 0.789. The van der Waals surface area contributed by atoms with Gasteiger partial charge in [-0.1, -0.05) is 0 Å². The standard InChI is InChI=1S/C16H12O6S/c1-19-11-7-15(17)21-13(11)5-9-3-4-10(23-9)6-14-12(20-2)8-16(18)22-14/h3-8H,1-2H3/b13-5-,14-6-. The number of hydrogen-bond acceptors (Lipinski definition) is 7. The summed E-state index contributed by atoms with van der Waals surface area (Å²) in [6.45, 7) is 0. The first-order valence-corrected chi connectivity index (χ1v) is 7.39. The van der Waals surface area contributed by atoms with Crippen LogP contribution in [0, 0.1) is 0 Å². The molecule has 3 rings (SSSR count). The maximum absolute atomic E-state index is 11.3. The van der Waals surface area contributed by atoms with Gasteiger partial charge in [0.05, 0.1) is 26.4 Å². The lowest BCUT2D eigenvalue weighted by Gasteiger charge is -2.01. The van der Waals surface area contributed by atoms with E-state index < -0.39 is 11.9 Å². The van der Waals surface area contributed by atoms with Crippen molar-refractivity contribution in [3.8, 4) is 0 Å². The highest BCUT2D eigenvalue weighted by Crippen LogP contribution is 2.29. The molecule has 0 fully saturated rings. The second kappa shape index (κ2) is 6.13. The average molecular weight is 332 g/mol. The van der Waals surface area contributed by atoms with Gasteiger partial charge in [-0.15, -0.1) is 11.3 Å². The Morgan fingerprint density at radius 2 is 1.30 bits per heavy atom. The number of cyclic esters (lactones) is 2. The number of esters is 2. The summed E-state index contributed by atoms with van der Waals surface area (Å²) >= 11 is 1.43. The van der Waals surface area contributed by atoms with Crippen molar-refractivity contribution in [2.45, 2.75) is 0 Å². The topological polar surface area (TPSA) is 71.1 Å². The molecule has 6 nitrogen and oxygen atoms in total. The number of carbonyl (C=O) groups excluding carboxylic acids is 2. The highest BCUT2D eigenvalue weighted by atomic mass is 32.1. The monoisotopic (exact) mass is 332 g/mol. The molecule has 2 aliphatic rings. The van der Waals surface area contributed by atoms with Crippen LogP contribution in [0.2, 0.25) is 0 Å². The number of ether oxygens (including phenoxy) is 4. The Kier molecular flexibility index (Phi) is 4.03. The first kappa shape index (κ1) is 15.1. The molecule has 0 aliphatic carbocycles. The fourth-order valence-electron chi connectivity index (χ4n) is 2.03. The van der Waals surface area contributed by atoms with Crippen LogP contribution < -0.4 is 0 Å². The Morgan fingerprint density at radius 3 is 1.70 bits per heavy atom. The molecule has 118 valence electrons. The lowest BCUT2D eigenvalue weighted by molar-refractivity contribution is -0.133. The lowest BCUT2D eigenvalue weighted by atomic mass is 10.3. The Bertz CT molecular complexity index is 729.